The fraction of sp³-hybridized carbons (Fsp3) is 0.455. The summed E-state index contributed by atoms with van der Waals surface area (Å²) in [7, 11) is 0. The number of halogens is 1. The largest absolute Gasteiger partial charge is 0.330 e. The number of hydrogen-bond acceptors (Lipinski definition) is 1. The normalized spacial score (nSPS) is 12.9. The molecule has 0 radical (unpaired) electrons. The fourth-order valence-electron chi connectivity index (χ4n) is 1.56. The lowest BCUT2D eigenvalue weighted by atomic mass is 9.93. The van der Waals surface area contributed by atoms with E-state index in [1.54, 1.807) is 6.07 Å². The Hall–Kier alpha value is -0.890. The molecule has 0 aliphatic carbocycles. The predicted octanol–water partition coefficient (Wildman–Crippen LogP) is 2.59. The van der Waals surface area contributed by atoms with Crippen LogP contribution in [0.5, 0.6) is 0 Å². The fourth-order valence-corrected chi connectivity index (χ4v) is 1.56. The van der Waals surface area contributed by atoms with E-state index in [1.165, 1.54) is 6.07 Å². The first-order valence-corrected chi connectivity index (χ1v) is 4.62. The van der Waals surface area contributed by atoms with Crippen molar-refractivity contribution in [1.82, 2.24) is 0 Å². The van der Waals surface area contributed by atoms with Crippen molar-refractivity contribution < 1.29 is 4.39 Å². The van der Waals surface area contributed by atoms with Crippen LogP contribution in [0.25, 0.3) is 0 Å². The van der Waals surface area contributed by atoms with Gasteiger partial charge in [0.05, 0.1) is 0 Å². The van der Waals surface area contributed by atoms with E-state index in [4.69, 9.17) is 5.73 Å². The van der Waals surface area contributed by atoms with Crippen LogP contribution in [0.2, 0.25) is 0 Å². The molecule has 1 aromatic rings. The zero-order valence-corrected chi connectivity index (χ0v) is 8.18. The molecule has 0 bridgehead atoms. The Kier molecular flexibility index (Phi) is 3.43. The van der Waals surface area contributed by atoms with Crippen molar-refractivity contribution in [1.29, 1.82) is 0 Å². The summed E-state index contributed by atoms with van der Waals surface area (Å²) >= 11 is 0. The van der Waals surface area contributed by atoms with Gasteiger partial charge in [-0.05, 0) is 43.0 Å². The van der Waals surface area contributed by atoms with Crippen molar-refractivity contribution in [3.05, 3.63) is 35.1 Å². The molecule has 72 valence electrons. The average Bonchev–Trinajstić information content (AvgIpc) is 2.10. The average molecular weight is 181 g/mol. The summed E-state index contributed by atoms with van der Waals surface area (Å²) in [5.74, 6) is 0.224. The molecule has 1 unspecified atom stereocenters. The minimum Gasteiger partial charge on any atom is -0.330 e. The molecular formula is C11H16FN. The Bertz CT molecular complexity index is 283. The highest BCUT2D eigenvalue weighted by atomic mass is 19.1. The van der Waals surface area contributed by atoms with Gasteiger partial charge in [0.2, 0.25) is 0 Å². The second-order valence-corrected chi connectivity index (χ2v) is 3.43. The van der Waals surface area contributed by atoms with Crippen molar-refractivity contribution in [3.8, 4) is 0 Å². The van der Waals surface area contributed by atoms with Crippen LogP contribution in [-0.4, -0.2) is 6.54 Å². The summed E-state index contributed by atoms with van der Waals surface area (Å²) in [5.41, 5.74) is 7.29. The van der Waals surface area contributed by atoms with Crippen molar-refractivity contribution in [2.75, 3.05) is 6.54 Å². The smallest absolute Gasteiger partial charge is 0.126 e. The minimum atomic E-state index is -0.124. The van der Waals surface area contributed by atoms with Crippen molar-refractivity contribution in [2.24, 2.45) is 5.73 Å². The topological polar surface area (TPSA) is 26.0 Å². The highest BCUT2D eigenvalue weighted by Gasteiger charge is 2.09. The first-order valence-electron chi connectivity index (χ1n) is 4.62. The van der Waals surface area contributed by atoms with Crippen LogP contribution in [-0.2, 0) is 0 Å². The van der Waals surface area contributed by atoms with E-state index >= 15 is 0 Å². The molecule has 0 amide bonds. The Labute approximate surface area is 78.8 Å². The van der Waals surface area contributed by atoms with Gasteiger partial charge in [-0.2, -0.15) is 0 Å². The molecule has 1 rings (SSSR count). The van der Waals surface area contributed by atoms with Crippen LogP contribution in [0.1, 0.15) is 30.4 Å². The summed E-state index contributed by atoms with van der Waals surface area (Å²) in [6.45, 7) is 4.55. The lowest BCUT2D eigenvalue weighted by molar-refractivity contribution is 0.605. The minimum absolute atomic E-state index is 0.124. The Morgan fingerprint density at radius 2 is 2.15 bits per heavy atom. The third-order valence-corrected chi connectivity index (χ3v) is 2.44. The summed E-state index contributed by atoms with van der Waals surface area (Å²) in [4.78, 5) is 0. The number of nitrogens with two attached hydrogens (primary N) is 1. The zero-order chi connectivity index (χ0) is 9.84. The van der Waals surface area contributed by atoms with Crippen LogP contribution in [0.4, 0.5) is 4.39 Å². The van der Waals surface area contributed by atoms with E-state index in [1.807, 2.05) is 13.0 Å². The molecule has 0 aliphatic heterocycles. The SMILES string of the molecule is Cc1c(F)cccc1C(C)CCN. The molecule has 0 aliphatic rings. The Morgan fingerprint density at radius 3 is 2.77 bits per heavy atom. The van der Waals surface area contributed by atoms with Gasteiger partial charge in [0, 0.05) is 0 Å². The van der Waals surface area contributed by atoms with Gasteiger partial charge in [-0.3, -0.25) is 0 Å². The monoisotopic (exact) mass is 181 g/mol. The number of benzene rings is 1. The van der Waals surface area contributed by atoms with E-state index in [9.17, 15) is 4.39 Å². The quantitative estimate of drug-likeness (QED) is 0.762. The number of rotatable bonds is 3. The van der Waals surface area contributed by atoms with Crippen molar-refractivity contribution >= 4 is 0 Å². The second-order valence-electron chi connectivity index (χ2n) is 3.43. The van der Waals surface area contributed by atoms with Gasteiger partial charge >= 0.3 is 0 Å². The van der Waals surface area contributed by atoms with Crippen LogP contribution < -0.4 is 5.73 Å². The summed E-state index contributed by atoms with van der Waals surface area (Å²) in [6, 6.07) is 5.22. The van der Waals surface area contributed by atoms with Gasteiger partial charge in [0.25, 0.3) is 0 Å². The lowest BCUT2D eigenvalue weighted by Gasteiger charge is -2.13. The highest BCUT2D eigenvalue weighted by Crippen LogP contribution is 2.23. The summed E-state index contributed by atoms with van der Waals surface area (Å²) < 4.78 is 13.1. The Morgan fingerprint density at radius 1 is 1.46 bits per heavy atom. The van der Waals surface area contributed by atoms with E-state index in [0.29, 0.717) is 12.5 Å². The molecule has 0 spiro atoms. The third-order valence-electron chi connectivity index (χ3n) is 2.44. The maximum Gasteiger partial charge on any atom is 0.126 e. The van der Waals surface area contributed by atoms with Gasteiger partial charge in [0.15, 0.2) is 0 Å². The van der Waals surface area contributed by atoms with Gasteiger partial charge in [-0.25, -0.2) is 4.39 Å². The summed E-state index contributed by atoms with van der Waals surface area (Å²) in [5, 5.41) is 0. The van der Waals surface area contributed by atoms with E-state index in [-0.39, 0.29) is 5.82 Å². The van der Waals surface area contributed by atoms with Crippen LogP contribution >= 0.6 is 0 Å². The number of hydrogen-bond donors (Lipinski definition) is 1. The molecule has 13 heavy (non-hydrogen) atoms. The molecule has 1 nitrogen and oxygen atoms in total. The predicted molar refractivity (Wildman–Crippen MR) is 53.2 cm³/mol. The van der Waals surface area contributed by atoms with Crippen LogP contribution in [0.15, 0.2) is 18.2 Å². The molecule has 0 fully saturated rings. The van der Waals surface area contributed by atoms with Crippen LogP contribution in [0, 0.1) is 12.7 Å². The van der Waals surface area contributed by atoms with Gasteiger partial charge < -0.3 is 5.73 Å². The van der Waals surface area contributed by atoms with E-state index in [0.717, 1.165) is 17.5 Å². The molecule has 1 aromatic carbocycles. The molecule has 0 heterocycles. The van der Waals surface area contributed by atoms with Crippen LogP contribution in [0.3, 0.4) is 0 Å². The zero-order valence-electron chi connectivity index (χ0n) is 8.18. The first-order chi connectivity index (χ1) is 6.16. The first kappa shape index (κ1) is 10.2. The Balaban J connectivity index is 2.93. The maximum atomic E-state index is 13.1. The maximum absolute atomic E-state index is 13.1. The third kappa shape index (κ3) is 2.28. The second kappa shape index (κ2) is 4.38. The van der Waals surface area contributed by atoms with E-state index in [2.05, 4.69) is 6.92 Å². The molecule has 2 heteroatoms. The van der Waals surface area contributed by atoms with Gasteiger partial charge in [-0.15, -0.1) is 0 Å². The van der Waals surface area contributed by atoms with Gasteiger partial charge in [0.1, 0.15) is 5.82 Å². The molecule has 0 aromatic heterocycles. The molecular weight excluding hydrogens is 165 g/mol. The molecule has 1 atom stereocenters. The standard InChI is InChI=1S/C11H16FN/c1-8(6-7-13)10-4-3-5-11(12)9(10)2/h3-5,8H,6-7,13H2,1-2H3. The van der Waals surface area contributed by atoms with Crippen molar-refractivity contribution in [2.45, 2.75) is 26.2 Å². The van der Waals surface area contributed by atoms with Crippen molar-refractivity contribution in [3.63, 3.8) is 0 Å². The van der Waals surface area contributed by atoms with Gasteiger partial charge in [-0.1, -0.05) is 19.1 Å². The van der Waals surface area contributed by atoms with E-state index < -0.39 is 0 Å². The highest BCUT2D eigenvalue weighted by molar-refractivity contribution is 5.30. The molecule has 2 N–H and O–H groups in total. The summed E-state index contributed by atoms with van der Waals surface area (Å²) in [6.07, 6.45) is 0.907. The molecule has 0 saturated heterocycles. The lowest BCUT2D eigenvalue weighted by Crippen LogP contribution is -2.06. The molecule has 0 saturated carbocycles.